The van der Waals surface area contributed by atoms with E-state index in [9.17, 15) is 13.6 Å². The summed E-state index contributed by atoms with van der Waals surface area (Å²) in [5, 5.41) is 6.25. The number of rotatable bonds is 7. The Morgan fingerprint density at radius 2 is 1.91 bits per heavy atom. The number of nitrogens with one attached hydrogen (secondary N) is 2. The summed E-state index contributed by atoms with van der Waals surface area (Å²) >= 11 is 5.90. The highest BCUT2D eigenvalue weighted by atomic mass is 35.5. The zero-order chi connectivity index (χ0) is 16.7. The maximum atomic E-state index is 13.4. The average Bonchev–Trinajstić information content (AvgIpc) is 2.50. The van der Waals surface area contributed by atoms with Gasteiger partial charge in [-0.3, -0.25) is 4.79 Å². The van der Waals surface area contributed by atoms with Gasteiger partial charge in [0.25, 0.3) is 0 Å². The minimum atomic E-state index is -0.785. The van der Waals surface area contributed by atoms with Gasteiger partial charge in [-0.25, -0.2) is 8.78 Å². The minimum absolute atomic E-state index is 0.0182. The third-order valence-corrected chi connectivity index (χ3v) is 3.45. The largest absolute Gasteiger partial charge is 0.324 e. The second-order valence-corrected chi connectivity index (χ2v) is 5.49. The van der Waals surface area contributed by atoms with Crippen LogP contribution in [0.1, 0.15) is 12.0 Å². The Kier molecular flexibility index (Phi) is 6.50. The molecule has 2 aromatic rings. The molecule has 6 heteroatoms. The molecular weight excluding hydrogens is 322 g/mol. The molecular formula is C17H17ClF2N2O. The first kappa shape index (κ1) is 17.4. The normalized spacial score (nSPS) is 10.6. The zero-order valence-electron chi connectivity index (χ0n) is 12.4. The van der Waals surface area contributed by atoms with Gasteiger partial charge in [-0.1, -0.05) is 23.7 Å². The molecule has 0 saturated carbocycles. The molecule has 2 N–H and O–H groups in total. The van der Waals surface area contributed by atoms with Crippen LogP contribution < -0.4 is 10.6 Å². The Balaban J connectivity index is 1.67. The van der Waals surface area contributed by atoms with Crippen molar-refractivity contribution in [2.75, 3.05) is 18.4 Å². The first-order chi connectivity index (χ1) is 11.0. The summed E-state index contributed by atoms with van der Waals surface area (Å²) in [4.78, 5) is 11.7. The van der Waals surface area contributed by atoms with Crippen molar-refractivity contribution < 1.29 is 13.6 Å². The lowest BCUT2D eigenvalue weighted by molar-refractivity contribution is -0.116. The Hall–Kier alpha value is -1.98. The van der Waals surface area contributed by atoms with Crippen molar-refractivity contribution >= 4 is 23.2 Å². The van der Waals surface area contributed by atoms with Crippen molar-refractivity contribution in [3.63, 3.8) is 0 Å². The number of amides is 1. The average molecular weight is 339 g/mol. The zero-order valence-corrected chi connectivity index (χ0v) is 13.2. The molecule has 0 aromatic heterocycles. The van der Waals surface area contributed by atoms with Crippen molar-refractivity contribution in [3.05, 3.63) is 64.7 Å². The highest BCUT2D eigenvalue weighted by Crippen LogP contribution is 2.15. The van der Waals surface area contributed by atoms with Crippen LogP contribution in [-0.2, 0) is 11.2 Å². The molecule has 0 radical (unpaired) electrons. The van der Waals surface area contributed by atoms with Gasteiger partial charge in [-0.05, 0) is 42.8 Å². The van der Waals surface area contributed by atoms with Crippen LogP contribution in [0.4, 0.5) is 14.5 Å². The summed E-state index contributed by atoms with van der Waals surface area (Å²) in [7, 11) is 0. The van der Waals surface area contributed by atoms with Gasteiger partial charge in [-0.2, -0.15) is 0 Å². The second-order valence-electron chi connectivity index (χ2n) is 5.05. The van der Waals surface area contributed by atoms with E-state index in [0.29, 0.717) is 18.1 Å². The molecule has 0 aliphatic carbocycles. The fourth-order valence-electron chi connectivity index (χ4n) is 2.06. The van der Waals surface area contributed by atoms with Gasteiger partial charge < -0.3 is 10.6 Å². The van der Waals surface area contributed by atoms with Crippen molar-refractivity contribution in [1.82, 2.24) is 5.32 Å². The fourth-order valence-corrected chi connectivity index (χ4v) is 2.27. The summed E-state index contributed by atoms with van der Waals surface area (Å²) in [5.41, 5.74) is 1.10. The highest BCUT2D eigenvalue weighted by Gasteiger charge is 2.07. The van der Waals surface area contributed by atoms with Gasteiger partial charge in [0.1, 0.15) is 11.6 Å². The predicted octanol–water partition coefficient (Wildman–Crippen LogP) is 3.78. The van der Waals surface area contributed by atoms with E-state index in [-0.39, 0.29) is 18.0 Å². The SMILES string of the molecule is O=C(CCNCCc1cccc(Cl)c1)Nc1ccc(F)cc1F. The topological polar surface area (TPSA) is 41.1 Å². The molecule has 0 spiro atoms. The van der Waals surface area contributed by atoms with Crippen LogP contribution in [0.15, 0.2) is 42.5 Å². The molecule has 0 aliphatic rings. The molecule has 0 aliphatic heterocycles. The van der Waals surface area contributed by atoms with Crippen LogP contribution in [-0.4, -0.2) is 19.0 Å². The summed E-state index contributed by atoms with van der Waals surface area (Å²) in [6.07, 6.45) is 1.00. The van der Waals surface area contributed by atoms with Gasteiger partial charge in [0, 0.05) is 24.1 Å². The monoisotopic (exact) mass is 338 g/mol. The van der Waals surface area contributed by atoms with Crippen LogP contribution in [0.25, 0.3) is 0 Å². The van der Waals surface area contributed by atoms with Gasteiger partial charge in [0.05, 0.1) is 5.69 Å². The first-order valence-corrected chi connectivity index (χ1v) is 7.62. The quantitative estimate of drug-likeness (QED) is 0.754. The van der Waals surface area contributed by atoms with Crippen molar-refractivity contribution in [2.45, 2.75) is 12.8 Å². The molecule has 3 nitrogen and oxygen atoms in total. The number of carbonyl (C=O) groups excluding carboxylic acids is 1. The molecule has 2 aromatic carbocycles. The van der Waals surface area contributed by atoms with Crippen LogP contribution in [0.5, 0.6) is 0 Å². The Morgan fingerprint density at radius 3 is 2.65 bits per heavy atom. The van der Waals surface area contributed by atoms with Gasteiger partial charge in [0.15, 0.2) is 0 Å². The molecule has 0 atom stereocenters. The van der Waals surface area contributed by atoms with E-state index in [0.717, 1.165) is 24.1 Å². The van der Waals surface area contributed by atoms with Gasteiger partial charge in [-0.15, -0.1) is 0 Å². The van der Waals surface area contributed by atoms with E-state index in [1.54, 1.807) is 0 Å². The van der Waals surface area contributed by atoms with E-state index < -0.39 is 11.6 Å². The first-order valence-electron chi connectivity index (χ1n) is 7.24. The summed E-state index contributed by atoms with van der Waals surface area (Å²) in [6, 6.07) is 10.6. The Labute approximate surface area is 138 Å². The summed E-state index contributed by atoms with van der Waals surface area (Å²) in [6.45, 7) is 1.17. The van der Waals surface area contributed by atoms with Gasteiger partial charge >= 0.3 is 0 Å². The van der Waals surface area contributed by atoms with E-state index in [1.165, 1.54) is 6.07 Å². The molecule has 0 bridgehead atoms. The van der Waals surface area contributed by atoms with Crippen LogP contribution >= 0.6 is 11.6 Å². The standard InChI is InChI=1S/C17H17ClF2N2O/c18-13-3-1-2-12(10-13)6-8-21-9-7-17(23)22-16-5-4-14(19)11-15(16)20/h1-5,10-11,21H,6-9H2,(H,22,23). The van der Waals surface area contributed by atoms with Crippen LogP contribution in [0, 0.1) is 11.6 Å². The van der Waals surface area contributed by atoms with Crippen molar-refractivity contribution in [2.24, 2.45) is 0 Å². The van der Waals surface area contributed by atoms with E-state index in [4.69, 9.17) is 11.6 Å². The van der Waals surface area contributed by atoms with Crippen molar-refractivity contribution in [1.29, 1.82) is 0 Å². The van der Waals surface area contributed by atoms with E-state index in [1.807, 2.05) is 24.3 Å². The molecule has 0 saturated heterocycles. The molecule has 2 rings (SSSR count). The molecule has 0 heterocycles. The second kappa shape index (κ2) is 8.60. The lowest BCUT2D eigenvalue weighted by Gasteiger charge is -2.08. The van der Waals surface area contributed by atoms with Crippen LogP contribution in [0.2, 0.25) is 5.02 Å². The van der Waals surface area contributed by atoms with Crippen molar-refractivity contribution in [3.8, 4) is 0 Å². The maximum Gasteiger partial charge on any atom is 0.225 e. The molecule has 23 heavy (non-hydrogen) atoms. The van der Waals surface area contributed by atoms with E-state index >= 15 is 0 Å². The number of anilines is 1. The lowest BCUT2D eigenvalue weighted by atomic mass is 10.1. The predicted molar refractivity (Wildman–Crippen MR) is 87.6 cm³/mol. The maximum absolute atomic E-state index is 13.4. The molecule has 1 amide bonds. The van der Waals surface area contributed by atoms with Gasteiger partial charge in [0.2, 0.25) is 5.91 Å². The summed E-state index contributed by atoms with van der Waals surface area (Å²) < 4.78 is 26.2. The fraction of sp³-hybridized carbons (Fsp3) is 0.235. The number of benzene rings is 2. The van der Waals surface area contributed by atoms with Crippen LogP contribution in [0.3, 0.4) is 0 Å². The number of hydrogen-bond donors (Lipinski definition) is 2. The Morgan fingerprint density at radius 1 is 1.09 bits per heavy atom. The smallest absolute Gasteiger partial charge is 0.225 e. The highest BCUT2D eigenvalue weighted by molar-refractivity contribution is 6.30. The third kappa shape index (κ3) is 5.96. The minimum Gasteiger partial charge on any atom is -0.324 e. The number of hydrogen-bond acceptors (Lipinski definition) is 2. The number of halogens is 3. The number of carbonyl (C=O) groups is 1. The molecule has 0 fully saturated rings. The Bertz CT molecular complexity index is 679. The molecule has 0 unspecified atom stereocenters. The lowest BCUT2D eigenvalue weighted by Crippen LogP contribution is -2.23. The third-order valence-electron chi connectivity index (χ3n) is 3.21. The van der Waals surface area contributed by atoms with E-state index in [2.05, 4.69) is 10.6 Å². The molecule has 122 valence electrons. The summed E-state index contributed by atoms with van der Waals surface area (Å²) in [5.74, 6) is -1.79.